The number of carboxylic acid groups (broad SMARTS) is 1. The van der Waals surface area contributed by atoms with Gasteiger partial charge < -0.3 is 35.5 Å². The molecule has 7 atom stereocenters. The first-order chi connectivity index (χ1) is 26.0. The number of esters is 1. The Morgan fingerprint density at radius 1 is 0.855 bits per heavy atom. The lowest BCUT2D eigenvalue weighted by atomic mass is 9.80. The molecular formula is C43H59N3O9. The monoisotopic (exact) mass is 761 g/mol. The maximum absolute atomic E-state index is 14.1. The fourth-order valence-corrected chi connectivity index (χ4v) is 6.46. The Labute approximate surface area is 325 Å². The lowest BCUT2D eigenvalue weighted by molar-refractivity contribution is -0.160. The Kier molecular flexibility index (Phi) is 17.2. The highest BCUT2D eigenvalue weighted by atomic mass is 16.6. The van der Waals surface area contributed by atoms with Crippen LogP contribution >= 0.6 is 0 Å². The van der Waals surface area contributed by atoms with E-state index in [9.17, 15) is 29.4 Å². The van der Waals surface area contributed by atoms with Crippen LogP contribution in [0.1, 0.15) is 90.5 Å². The number of alkyl carbamates (subject to hydrolysis) is 1. The van der Waals surface area contributed by atoms with E-state index in [1.807, 2.05) is 39.8 Å². The number of aliphatic hydroxyl groups is 1. The number of benzene rings is 3. The third-order valence-corrected chi connectivity index (χ3v) is 9.33. The maximum atomic E-state index is 14.1. The van der Waals surface area contributed by atoms with Crippen LogP contribution in [0.2, 0.25) is 0 Å². The number of hydrogen-bond donors (Lipinski definition) is 4. The average molecular weight is 762 g/mol. The second-order valence-electron chi connectivity index (χ2n) is 15.4. The van der Waals surface area contributed by atoms with Crippen LogP contribution in [0.3, 0.4) is 0 Å². The molecule has 2 amide bonds. The summed E-state index contributed by atoms with van der Waals surface area (Å²) in [4.78, 5) is 54.8. The predicted molar refractivity (Wildman–Crippen MR) is 209 cm³/mol. The summed E-state index contributed by atoms with van der Waals surface area (Å²) in [7, 11) is 0. The van der Waals surface area contributed by atoms with Gasteiger partial charge in [0, 0.05) is 12.3 Å². The van der Waals surface area contributed by atoms with Crippen LogP contribution < -0.4 is 11.1 Å². The summed E-state index contributed by atoms with van der Waals surface area (Å²) in [5, 5.41) is 24.7. The van der Waals surface area contributed by atoms with Crippen molar-refractivity contribution in [3.63, 3.8) is 0 Å². The molecular weight excluding hydrogens is 702 g/mol. The number of carboxylic acids is 1. The minimum atomic E-state index is -1.45. The molecule has 0 bridgehead atoms. The highest BCUT2D eigenvalue weighted by Crippen LogP contribution is 2.38. The van der Waals surface area contributed by atoms with E-state index in [4.69, 9.17) is 19.9 Å². The van der Waals surface area contributed by atoms with Gasteiger partial charge in [0.25, 0.3) is 0 Å². The van der Waals surface area contributed by atoms with Crippen LogP contribution in [0, 0.1) is 17.8 Å². The van der Waals surface area contributed by atoms with E-state index in [0.717, 1.165) is 4.90 Å². The Morgan fingerprint density at radius 3 is 1.91 bits per heavy atom. The molecule has 4 unspecified atom stereocenters. The van der Waals surface area contributed by atoms with Gasteiger partial charge in [-0.05, 0) is 55.7 Å². The summed E-state index contributed by atoms with van der Waals surface area (Å²) in [5.74, 6) is -3.18. The van der Waals surface area contributed by atoms with Gasteiger partial charge in [0.15, 0.2) is 0 Å². The van der Waals surface area contributed by atoms with Crippen molar-refractivity contribution in [2.45, 2.75) is 117 Å². The molecule has 0 aliphatic rings. The van der Waals surface area contributed by atoms with Gasteiger partial charge in [-0.2, -0.15) is 0 Å². The third kappa shape index (κ3) is 14.3. The van der Waals surface area contributed by atoms with Gasteiger partial charge in [0.05, 0.1) is 24.7 Å². The van der Waals surface area contributed by atoms with Crippen LogP contribution in [0.5, 0.6) is 0 Å². The van der Waals surface area contributed by atoms with E-state index in [-0.39, 0.29) is 24.9 Å². The number of nitrogens with one attached hydrogen (secondary N) is 1. The summed E-state index contributed by atoms with van der Waals surface area (Å²) >= 11 is 0. The maximum Gasteiger partial charge on any atom is 0.412 e. The molecule has 0 radical (unpaired) electrons. The molecule has 300 valence electrons. The molecule has 0 saturated heterocycles. The molecule has 0 fully saturated rings. The van der Waals surface area contributed by atoms with E-state index in [2.05, 4.69) is 5.32 Å². The number of aliphatic hydroxyl groups excluding tert-OH is 1. The number of carbonyl (C=O) groups is 4. The Hall–Kier alpha value is -4.94. The van der Waals surface area contributed by atoms with Gasteiger partial charge in [-0.3, -0.25) is 9.69 Å². The standard InChI is InChI=1S/C43H59N3O9/c1-8-29(4)37(39(44)46(42(52)53-27-31-20-14-10-15-21-31)34(40(49)50)25-30-18-12-9-13-19-30)38(32-22-16-11-17-23-32)54-36(48)26-35(47)33(24-28(2)3)45-41(51)55-43(5,6)7/h9-23,28-29,33-35,37-39,47H,8,24-27,44H2,1-7H3,(H,45,51)(H,49,50)/t29?,33-,34-,35-,37?,38?,39?/m0/s1. The summed E-state index contributed by atoms with van der Waals surface area (Å²) < 4.78 is 17.4. The second kappa shape index (κ2) is 21.2. The van der Waals surface area contributed by atoms with Gasteiger partial charge in [0.1, 0.15) is 24.4 Å². The van der Waals surface area contributed by atoms with Crippen molar-refractivity contribution in [3.8, 4) is 0 Å². The summed E-state index contributed by atoms with van der Waals surface area (Å²) in [6, 6.07) is 24.5. The summed E-state index contributed by atoms with van der Waals surface area (Å²) in [6.45, 7) is 12.7. The number of aliphatic carboxylic acids is 1. The van der Waals surface area contributed by atoms with Crippen molar-refractivity contribution in [2.24, 2.45) is 23.5 Å². The molecule has 5 N–H and O–H groups in total. The smallest absolute Gasteiger partial charge is 0.412 e. The van der Waals surface area contributed by atoms with Gasteiger partial charge in [-0.15, -0.1) is 0 Å². The molecule has 0 spiro atoms. The highest BCUT2D eigenvalue weighted by Gasteiger charge is 2.44. The van der Waals surface area contributed by atoms with Gasteiger partial charge in [-0.1, -0.05) is 125 Å². The molecule has 0 saturated carbocycles. The van der Waals surface area contributed by atoms with E-state index in [0.29, 0.717) is 29.5 Å². The van der Waals surface area contributed by atoms with E-state index < -0.39 is 72.5 Å². The van der Waals surface area contributed by atoms with Crippen LogP contribution in [0.15, 0.2) is 91.0 Å². The third-order valence-electron chi connectivity index (χ3n) is 9.33. The largest absolute Gasteiger partial charge is 0.480 e. The Balaban J connectivity index is 2.03. The number of nitrogens with two attached hydrogens (primary N) is 1. The Morgan fingerprint density at radius 2 is 1.40 bits per heavy atom. The second-order valence-corrected chi connectivity index (χ2v) is 15.4. The van der Waals surface area contributed by atoms with Crippen LogP contribution in [0.4, 0.5) is 9.59 Å². The average Bonchev–Trinajstić information content (AvgIpc) is 3.13. The molecule has 0 aliphatic heterocycles. The quantitative estimate of drug-likeness (QED) is 0.0553. The van der Waals surface area contributed by atoms with Crippen molar-refractivity contribution in [1.29, 1.82) is 0 Å². The number of hydrogen-bond acceptors (Lipinski definition) is 9. The normalized spacial score (nSPS) is 15.4. The number of carbonyl (C=O) groups excluding carboxylic acids is 3. The number of ether oxygens (including phenoxy) is 3. The van der Waals surface area contributed by atoms with Crippen LogP contribution in [-0.4, -0.2) is 69.2 Å². The fourth-order valence-electron chi connectivity index (χ4n) is 6.46. The molecule has 3 rings (SSSR count). The first-order valence-corrected chi connectivity index (χ1v) is 18.9. The highest BCUT2D eigenvalue weighted by molar-refractivity contribution is 5.80. The molecule has 12 nitrogen and oxygen atoms in total. The van der Waals surface area contributed by atoms with Gasteiger partial charge >= 0.3 is 24.1 Å². The van der Waals surface area contributed by atoms with Gasteiger partial charge in [0.2, 0.25) is 0 Å². The first kappa shape index (κ1) is 44.5. The van der Waals surface area contributed by atoms with Gasteiger partial charge in [-0.25, -0.2) is 14.4 Å². The molecule has 55 heavy (non-hydrogen) atoms. The molecule has 0 heterocycles. The van der Waals surface area contributed by atoms with Crippen molar-refractivity contribution >= 4 is 24.1 Å². The predicted octanol–water partition coefficient (Wildman–Crippen LogP) is 7.24. The minimum Gasteiger partial charge on any atom is -0.480 e. The van der Waals surface area contributed by atoms with E-state index in [1.54, 1.807) is 99.6 Å². The van der Waals surface area contributed by atoms with Crippen molar-refractivity contribution in [2.75, 3.05) is 0 Å². The number of nitrogens with zero attached hydrogens (tertiary/aromatic N) is 1. The fraction of sp³-hybridized carbons (Fsp3) is 0.488. The topological polar surface area (TPSA) is 178 Å². The van der Waals surface area contributed by atoms with E-state index >= 15 is 0 Å². The van der Waals surface area contributed by atoms with Crippen molar-refractivity contribution in [3.05, 3.63) is 108 Å². The zero-order chi connectivity index (χ0) is 40.7. The summed E-state index contributed by atoms with van der Waals surface area (Å²) in [5.41, 5.74) is 8.24. The van der Waals surface area contributed by atoms with E-state index in [1.165, 1.54) is 0 Å². The SMILES string of the molecule is CCC(C)C(C(OC(=O)C[C@H](O)[C@H](CC(C)C)NC(=O)OC(C)(C)C)c1ccccc1)C(N)N(C(=O)OCc1ccccc1)[C@@H](Cc1ccccc1)C(=O)O. The van der Waals surface area contributed by atoms with Crippen molar-refractivity contribution in [1.82, 2.24) is 10.2 Å². The molecule has 3 aromatic rings. The number of amides is 2. The number of rotatable bonds is 19. The molecule has 12 heteroatoms. The zero-order valence-electron chi connectivity index (χ0n) is 33.1. The summed E-state index contributed by atoms with van der Waals surface area (Å²) in [6.07, 6.45) is -5.06. The molecule has 3 aromatic carbocycles. The molecule has 0 aromatic heterocycles. The lowest BCUT2D eigenvalue weighted by Crippen LogP contribution is -2.60. The Bertz CT molecular complexity index is 1630. The zero-order valence-corrected chi connectivity index (χ0v) is 33.1. The van der Waals surface area contributed by atoms with Crippen LogP contribution in [0.25, 0.3) is 0 Å². The van der Waals surface area contributed by atoms with Crippen molar-refractivity contribution < 1.29 is 43.6 Å². The first-order valence-electron chi connectivity index (χ1n) is 18.9. The molecule has 0 aliphatic carbocycles. The van der Waals surface area contributed by atoms with Crippen LogP contribution in [-0.2, 0) is 36.8 Å². The lowest BCUT2D eigenvalue weighted by Gasteiger charge is -2.42. The minimum absolute atomic E-state index is 0.0566.